The monoisotopic (exact) mass is 341 g/mol. The van der Waals surface area contributed by atoms with Crippen molar-refractivity contribution < 1.29 is 9.53 Å². The van der Waals surface area contributed by atoms with Gasteiger partial charge in [0.25, 0.3) is 0 Å². The molecular weight excluding hydrogens is 310 g/mol. The van der Waals surface area contributed by atoms with Gasteiger partial charge in [0.05, 0.1) is 12.0 Å². The summed E-state index contributed by atoms with van der Waals surface area (Å²) in [5.41, 5.74) is 2.07. The van der Waals surface area contributed by atoms with Gasteiger partial charge < -0.3 is 4.74 Å². The SMILES string of the molecule is CC(=O)OC1CCC2(C)C(=CCC3C2CCC2(C)C(C#N)CCC32)C1. The van der Waals surface area contributed by atoms with Crippen molar-refractivity contribution in [1.29, 1.82) is 5.26 Å². The second-order valence-corrected chi connectivity index (χ2v) is 9.54. The molecule has 0 aliphatic heterocycles. The predicted octanol–water partition coefficient (Wildman–Crippen LogP) is 5.02. The molecule has 136 valence electrons. The van der Waals surface area contributed by atoms with Gasteiger partial charge in [-0.05, 0) is 73.5 Å². The van der Waals surface area contributed by atoms with Crippen LogP contribution in [0.5, 0.6) is 0 Å². The van der Waals surface area contributed by atoms with Gasteiger partial charge in [-0.1, -0.05) is 25.5 Å². The quantitative estimate of drug-likeness (QED) is 0.497. The Morgan fingerprint density at radius 1 is 1.20 bits per heavy atom. The number of esters is 1. The van der Waals surface area contributed by atoms with Gasteiger partial charge in [0, 0.05) is 13.3 Å². The van der Waals surface area contributed by atoms with Gasteiger partial charge in [-0.15, -0.1) is 0 Å². The van der Waals surface area contributed by atoms with Crippen molar-refractivity contribution in [2.75, 3.05) is 0 Å². The Morgan fingerprint density at radius 3 is 2.72 bits per heavy atom. The van der Waals surface area contributed by atoms with E-state index in [0.717, 1.165) is 43.4 Å². The number of allylic oxidation sites excluding steroid dienone is 1. The summed E-state index contributed by atoms with van der Waals surface area (Å²) >= 11 is 0. The fourth-order valence-corrected chi connectivity index (χ4v) is 7.18. The number of fused-ring (bicyclic) bond motifs is 5. The van der Waals surface area contributed by atoms with Gasteiger partial charge in [0.2, 0.25) is 0 Å². The van der Waals surface area contributed by atoms with Crippen molar-refractivity contribution in [2.45, 2.75) is 78.2 Å². The Labute approximate surface area is 151 Å². The van der Waals surface area contributed by atoms with Crippen molar-refractivity contribution in [3.8, 4) is 6.07 Å². The molecule has 0 aromatic heterocycles. The van der Waals surface area contributed by atoms with E-state index in [1.807, 2.05) is 0 Å². The molecule has 0 heterocycles. The maximum atomic E-state index is 11.3. The van der Waals surface area contributed by atoms with Crippen LogP contribution in [0.4, 0.5) is 0 Å². The molecule has 4 rings (SSSR count). The highest BCUT2D eigenvalue weighted by molar-refractivity contribution is 5.66. The number of carbonyl (C=O) groups excluding carboxylic acids is 1. The second kappa shape index (κ2) is 5.86. The van der Waals surface area contributed by atoms with Crippen LogP contribution in [-0.4, -0.2) is 12.1 Å². The predicted molar refractivity (Wildman–Crippen MR) is 96.4 cm³/mol. The lowest BCUT2D eigenvalue weighted by Crippen LogP contribution is -2.50. The minimum atomic E-state index is -0.148. The molecule has 0 saturated heterocycles. The molecule has 3 heteroatoms. The summed E-state index contributed by atoms with van der Waals surface area (Å²) in [6.45, 7) is 6.39. The van der Waals surface area contributed by atoms with E-state index in [-0.39, 0.29) is 28.8 Å². The molecular formula is C22H31NO2. The molecule has 3 fully saturated rings. The van der Waals surface area contributed by atoms with E-state index < -0.39 is 0 Å². The molecule has 4 aliphatic carbocycles. The molecule has 0 N–H and O–H groups in total. The van der Waals surface area contributed by atoms with Gasteiger partial charge in [0.1, 0.15) is 6.10 Å². The van der Waals surface area contributed by atoms with E-state index in [4.69, 9.17) is 4.74 Å². The van der Waals surface area contributed by atoms with Crippen LogP contribution in [0.15, 0.2) is 11.6 Å². The van der Waals surface area contributed by atoms with Crippen molar-refractivity contribution >= 4 is 5.97 Å². The second-order valence-electron chi connectivity index (χ2n) is 9.54. The van der Waals surface area contributed by atoms with Crippen LogP contribution in [0.3, 0.4) is 0 Å². The summed E-state index contributed by atoms with van der Waals surface area (Å²) in [6.07, 6.45) is 11.6. The maximum absolute atomic E-state index is 11.3. The standard InChI is InChI=1S/C22H31NO2/c1-14(24)25-17-8-10-21(2)15(12-17)4-6-18-19-7-5-16(13-23)22(19,3)11-9-20(18)21/h4,16-20H,5-12H2,1-3H3. The van der Waals surface area contributed by atoms with Crippen LogP contribution < -0.4 is 0 Å². The van der Waals surface area contributed by atoms with E-state index in [9.17, 15) is 10.1 Å². The number of ether oxygens (including phenoxy) is 1. The molecule has 4 aliphatic rings. The molecule has 25 heavy (non-hydrogen) atoms. The summed E-state index contributed by atoms with van der Waals surface area (Å²) in [5, 5.41) is 9.60. The Hall–Kier alpha value is -1.30. The number of rotatable bonds is 1. The molecule has 3 nitrogen and oxygen atoms in total. The molecule has 0 aromatic carbocycles. The summed E-state index contributed by atoms with van der Waals surface area (Å²) < 4.78 is 5.52. The highest BCUT2D eigenvalue weighted by atomic mass is 16.5. The van der Waals surface area contributed by atoms with Crippen molar-refractivity contribution in [3.05, 3.63) is 11.6 Å². The third kappa shape index (κ3) is 2.47. The molecule has 7 atom stereocenters. The van der Waals surface area contributed by atoms with Gasteiger partial charge in [-0.25, -0.2) is 0 Å². The van der Waals surface area contributed by atoms with Crippen molar-refractivity contribution in [1.82, 2.24) is 0 Å². The zero-order chi connectivity index (χ0) is 17.8. The summed E-state index contributed by atoms with van der Waals surface area (Å²) in [4.78, 5) is 11.3. The Balaban J connectivity index is 1.59. The Bertz CT molecular complexity index is 647. The zero-order valence-corrected chi connectivity index (χ0v) is 15.9. The number of nitrogens with zero attached hydrogens (tertiary/aromatic N) is 1. The van der Waals surface area contributed by atoms with Gasteiger partial charge in [0.15, 0.2) is 0 Å². The molecule has 0 radical (unpaired) electrons. The average molecular weight is 341 g/mol. The highest BCUT2D eigenvalue weighted by Crippen LogP contribution is 2.66. The third-order valence-electron chi connectivity index (χ3n) is 8.55. The molecule has 0 bridgehead atoms. The zero-order valence-electron chi connectivity index (χ0n) is 15.9. The first-order valence-corrected chi connectivity index (χ1v) is 10.1. The van der Waals surface area contributed by atoms with E-state index in [0.29, 0.717) is 0 Å². The van der Waals surface area contributed by atoms with Crippen LogP contribution >= 0.6 is 0 Å². The lowest BCUT2D eigenvalue weighted by Gasteiger charge is -2.57. The third-order valence-corrected chi connectivity index (χ3v) is 8.55. The molecule has 0 amide bonds. The number of nitriles is 1. The first kappa shape index (κ1) is 17.1. The Morgan fingerprint density at radius 2 is 2.00 bits per heavy atom. The Kier molecular flexibility index (Phi) is 4.02. The maximum Gasteiger partial charge on any atom is 0.302 e. The van der Waals surface area contributed by atoms with E-state index in [2.05, 4.69) is 26.0 Å². The van der Waals surface area contributed by atoms with Gasteiger partial charge in [-0.3, -0.25) is 4.79 Å². The molecule has 0 aromatic rings. The number of hydrogen-bond donors (Lipinski definition) is 0. The number of carbonyl (C=O) groups is 1. The average Bonchev–Trinajstić information content (AvgIpc) is 2.91. The first-order chi connectivity index (χ1) is 11.9. The molecule has 0 spiro atoms. The minimum absolute atomic E-state index is 0.0803. The summed E-state index contributed by atoms with van der Waals surface area (Å²) in [5.74, 6) is 2.33. The van der Waals surface area contributed by atoms with Gasteiger partial charge in [-0.2, -0.15) is 5.26 Å². The van der Waals surface area contributed by atoms with Crippen LogP contribution in [0.1, 0.15) is 72.1 Å². The normalized spacial score (nSPS) is 48.4. The van der Waals surface area contributed by atoms with E-state index >= 15 is 0 Å². The first-order valence-electron chi connectivity index (χ1n) is 10.1. The lowest BCUT2D eigenvalue weighted by atomic mass is 9.47. The topological polar surface area (TPSA) is 50.1 Å². The molecule has 7 unspecified atom stereocenters. The molecule has 3 saturated carbocycles. The minimum Gasteiger partial charge on any atom is -0.462 e. The largest absolute Gasteiger partial charge is 0.462 e. The van der Waals surface area contributed by atoms with Crippen molar-refractivity contribution in [2.24, 2.45) is 34.5 Å². The van der Waals surface area contributed by atoms with E-state index in [1.54, 1.807) is 5.57 Å². The van der Waals surface area contributed by atoms with Crippen LogP contribution in [0, 0.1) is 45.8 Å². The van der Waals surface area contributed by atoms with Crippen LogP contribution in [0.25, 0.3) is 0 Å². The fourth-order valence-electron chi connectivity index (χ4n) is 7.18. The van der Waals surface area contributed by atoms with Crippen molar-refractivity contribution in [3.63, 3.8) is 0 Å². The van der Waals surface area contributed by atoms with Crippen LogP contribution in [0.2, 0.25) is 0 Å². The number of hydrogen-bond acceptors (Lipinski definition) is 3. The van der Waals surface area contributed by atoms with Crippen LogP contribution in [-0.2, 0) is 9.53 Å². The highest BCUT2D eigenvalue weighted by Gasteiger charge is 2.58. The summed E-state index contributed by atoms with van der Waals surface area (Å²) in [6, 6.07) is 2.63. The smallest absolute Gasteiger partial charge is 0.302 e. The lowest BCUT2D eigenvalue weighted by molar-refractivity contribution is -0.148. The van der Waals surface area contributed by atoms with E-state index in [1.165, 1.54) is 32.6 Å². The van der Waals surface area contributed by atoms with Gasteiger partial charge >= 0.3 is 5.97 Å². The fraction of sp³-hybridized carbons (Fsp3) is 0.818. The summed E-state index contributed by atoms with van der Waals surface area (Å²) in [7, 11) is 0.